The molecule has 4 aromatic rings. The molecule has 0 amide bonds. The van der Waals surface area contributed by atoms with Crippen molar-refractivity contribution in [1.82, 2.24) is 34.2 Å². The molecule has 11 heteroatoms. The van der Waals surface area contributed by atoms with E-state index in [1.165, 1.54) is 7.11 Å². The second-order valence-corrected chi connectivity index (χ2v) is 7.69. The molecule has 164 valence electrons. The lowest BCUT2D eigenvalue weighted by molar-refractivity contribution is 0.116. The Hall–Kier alpha value is -2.95. The Bertz CT molecular complexity index is 1220. The van der Waals surface area contributed by atoms with Crippen molar-refractivity contribution in [2.75, 3.05) is 34.9 Å². The molecular weight excluding hydrogens is 425 g/mol. The van der Waals surface area contributed by atoms with Crippen LogP contribution in [0.1, 0.15) is 11.9 Å². The highest BCUT2D eigenvalue weighted by Gasteiger charge is 2.27. The third kappa shape index (κ3) is 3.46. The fourth-order valence-corrected chi connectivity index (χ4v) is 3.94. The first kappa shape index (κ1) is 21.3. The van der Waals surface area contributed by atoms with E-state index in [0.29, 0.717) is 40.5 Å². The summed E-state index contributed by atoms with van der Waals surface area (Å²) in [5.41, 5.74) is 1.59. The van der Waals surface area contributed by atoms with Crippen LogP contribution in [0.4, 0.5) is 4.39 Å². The maximum Gasteiger partial charge on any atom is 0.200 e. The van der Waals surface area contributed by atoms with Gasteiger partial charge in [0.05, 0.1) is 37.3 Å². The normalized spacial score (nSPS) is 12.8. The maximum atomic E-state index is 15.3. The number of hydrogen-bond acceptors (Lipinski definition) is 6. The lowest BCUT2D eigenvalue weighted by Crippen LogP contribution is -2.25. The fourth-order valence-electron chi connectivity index (χ4n) is 3.72. The van der Waals surface area contributed by atoms with Crippen molar-refractivity contribution in [3.05, 3.63) is 41.5 Å². The smallest absolute Gasteiger partial charge is 0.200 e. The molecule has 4 rings (SSSR count). The van der Waals surface area contributed by atoms with Crippen LogP contribution in [0.5, 0.6) is 5.75 Å². The van der Waals surface area contributed by atoms with Crippen molar-refractivity contribution in [2.24, 2.45) is 7.05 Å². The minimum atomic E-state index is -0.576. The van der Waals surface area contributed by atoms with E-state index in [1.807, 2.05) is 19.0 Å². The molecule has 0 fully saturated rings. The lowest BCUT2D eigenvalue weighted by Gasteiger charge is -2.20. The van der Waals surface area contributed by atoms with Crippen LogP contribution in [0.3, 0.4) is 0 Å². The zero-order valence-corrected chi connectivity index (χ0v) is 18.6. The first-order valence-electron chi connectivity index (χ1n) is 9.49. The monoisotopic (exact) mass is 447 g/mol. The number of fused-ring (bicyclic) bond motifs is 1. The topological polar surface area (TPSA) is 86.0 Å². The van der Waals surface area contributed by atoms with Gasteiger partial charge < -0.3 is 18.6 Å². The zero-order chi connectivity index (χ0) is 22.3. The summed E-state index contributed by atoms with van der Waals surface area (Å²) < 4.78 is 29.4. The average molecular weight is 448 g/mol. The average Bonchev–Trinajstić information content (AvgIpc) is 3.47. The maximum absolute atomic E-state index is 15.3. The molecule has 9 nitrogen and oxygen atoms in total. The Labute approximate surface area is 183 Å². The summed E-state index contributed by atoms with van der Waals surface area (Å²) >= 11 is 6.20. The van der Waals surface area contributed by atoms with Crippen molar-refractivity contribution in [3.8, 4) is 23.0 Å². The molecule has 1 atom stereocenters. The third-order valence-corrected chi connectivity index (χ3v) is 5.61. The predicted molar refractivity (Wildman–Crippen MR) is 115 cm³/mol. The number of H-pyrrole nitrogens is 1. The molecule has 0 saturated carbocycles. The van der Waals surface area contributed by atoms with Gasteiger partial charge in [0, 0.05) is 31.9 Å². The van der Waals surface area contributed by atoms with Gasteiger partial charge in [-0.2, -0.15) is 5.10 Å². The highest BCUT2D eigenvalue weighted by atomic mass is 35.5. The van der Waals surface area contributed by atoms with Gasteiger partial charge in [0.15, 0.2) is 11.6 Å². The van der Waals surface area contributed by atoms with Crippen LogP contribution >= 0.6 is 11.6 Å². The number of likely N-dealkylation sites (N-methyl/N-ethyl adjacent to an activating group) is 1. The van der Waals surface area contributed by atoms with Crippen LogP contribution < -0.4 is 4.74 Å². The molecule has 0 radical (unpaired) electrons. The largest absolute Gasteiger partial charge is 0.495 e. The number of halogens is 2. The molecule has 1 aromatic carbocycles. The minimum Gasteiger partial charge on any atom is -0.495 e. The number of rotatable bonds is 7. The zero-order valence-electron chi connectivity index (χ0n) is 17.8. The predicted octanol–water partition coefficient (Wildman–Crippen LogP) is 3.20. The number of nitrogens with one attached hydrogen (secondary N) is 1. The number of nitrogens with zero attached hydrogens (tertiary/aromatic N) is 6. The van der Waals surface area contributed by atoms with E-state index in [2.05, 4.69) is 15.2 Å². The summed E-state index contributed by atoms with van der Waals surface area (Å²) in [4.78, 5) is 10.8. The number of hydrogen-bond donors (Lipinski definition) is 1. The molecule has 0 spiro atoms. The SMILES string of the molecule is COC[C@@H](c1nc(-c2c(-n3ccnc3)c3cc(OC)c(Cl)c(F)c3n2C)n[nH]1)N(C)C. The summed E-state index contributed by atoms with van der Waals surface area (Å²) in [5.74, 6) is 0.718. The Balaban J connectivity index is 2.00. The summed E-state index contributed by atoms with van der Waals surface area (Å²) in [5, 5.41) is 7.95. The van der Waals surface area contributed by atoms with Gasteiger partial charge in [0.1, 0.15) is 22.3 Å². The van der Waals surface area contributed by atoms with E-state index >= 15 is 4.39 Å². The van der Waals surface area contributed by atoms with Crippen LogP contribution in [0.2, 0.25) is 5.02 Å². The van der Waals surface area contributed by atoms with E-state index in [1.54, 1.807) is 48.1 Å². The summed E-state index contributed by atoms with van der Waals surface area (Å²) in [6.07, 6.45) is 5.06. The Morgan fingerprint density at radius 1 is 1.32 bits per heavy atom. The minimum absolute atomic E-state index is 0.0808. The summed E-state index contributed by atoms with van der Waals surface area (Å²) in [6.45, 7) is 0.437. The van der Waals surface area contributed by atoms with E-state index < -0.39 is 5.82 Å². The Kier molecular flexibility index (Phi) is 5.69. The Morgan fingerprint density at radius 3 is 2.71 bits per heavy atom. The van der Waals surface area contributed by atoms with Gasteiger partial charge in [-0.05, 0) is 20.2 Å². The molecule has 0 unspecified atom stereocenters. The standard InChI is InChI=1S/C20H23ClFN7O2/c1-27(2)12(9-30-4)19-24-20(26-25-19)18-17(29-7-6-23-10-29)11-8-13(31-5)14(21)15(22)16(11)28(18)3/h6-8,10,12H,9H2,1-5H3,(H,24,25,26)/t12-/m0/s1. The van der Waals surface area contributed by atoms with Gasteiger partial charge in [-0.15, -0.1) is 0 Å². The number of ether oxygens (including phenoxy) is 2. The van der Waals surface area contributed by atoms with Crippen LogP contribution in [0, 0.1) is 5.82 Å². The summed E-state index contributed by atoms with van der Waals surface area (Å²) in [7, 11) is 8.70. The van der Waals surface area contributed by atoms with Gasteiger partial charge in [-0.1, -0.05) is 11.6 Å². The van der Waals surface area contributed by atoms with Crippen molar-refractivity contribution >= 4 is 22.5 Å². The number of imidazole rings is 1. The van der Waals surface area contributed by atoms with E-state index in [4.69, 9.17) is 26.1 Å². The molecule has 0 aliphatic carbocycles. The number of benzene rings is 1. The van der Waals surface area contributed by atoms with Gasteiger partial charge in [-0.3, -0.25) is 10.00 Å². The highest BCUT2D eigenvalue weighted by molar-refractivity contribution is 6.33. The molecule has 3 aromatic heterocycles. The van der Waals surface area contributed by atoms with Crippen molar-refractivity contribution < 1.29 is 13.9 Å². The molecule has 0 saturated heterocycles. The molecule has 0 aliphatic rings. The van der Waals surface area contributed by atoms with Gasteiger partial charge in [-0.25, -0.2) is 14.4 Å². The number of aromatic nitrogens is 6. The van der Waals surface area contributed by atoms with Gasteiger partial charge >= 0.3 is 0 Å². The quantitative estimate of drug-likeness (QED) is 0.468. The third-order valence-electron chi connectivity index (χ3n) is 5.26. The van der Waals surface area contributed by atoms with E-state index in [0.717, 1.165) is 0 Å². The first-order chi connectivity index (χ1) is 14.9. The van der Waals surface area contributed by atoms with Gasteiger partial charge in [0.25, 0.3) is 0 Å². The lowest BCUT2D eigenvalue weighted by atomic mass is 10.2. The van der Waals surface area contributed by atoms with E-state index in [-0.39, 0.29) is 16.8 Å². The van der Waals surface area contributed by atoms with Crippen molar-refractivity contribution in [2.45, 2.75) is 6.04 Å². The Morgan fingerprint density at radius 2 is 2.10 bits per heavy atom. The molecule has 0 aliphatic heterocycles. The van der Waals surface area contributed by atoms with E-state index in [9.17, 15) is 0 Å². The van der Waals surface area contributed by atoms with Gasteiger partial charge in [0.2, 0.25) is 0 Å². The van der Waals surface area contributed by atoms with Crippen LogP contribution in [-0.4, -0.2) is 69.1 Å². The first-order valence-corrected chi connectivity index (χ1v) is 9.87. The van der Waals surface area contributed by atoms with Crippen molar-refractivity contribution in [1.29, 1.82) is 0 Å². The number of aromatic amines is 1. The second-order valence-electron chi connectivity index (χ2n) is 7.31. The second kappa shape index (κ2) is 8.29. The molecule has 0 bridgehead atoms. The molecule has 31 heavy (non-hydrogen) atoms. The van der Waals surface area contributed by atoms with Crippen LogP contribution in [0.25, 0.3) is 28.1 Å². The molecule has 1 N–H and O–H groups in total. The van der Waals surface area contributed by atoms with Crippen molar-refractivity contribution in [3.63, 3.8) is 0 Å². The molecular formula is C20H23ClFN7O2. The van der Waals surface area contributed by atoms with Crippen LogP contribution in [-0.2, 0) is 11.8 Å². The van der Waals surface area contributed by atoms with Crippen LogP contribution in [0.15, 0.2) is 24.8 Å². The highest BCUT2D eigenvalue weighted by Crippen LogP contribution is 2.41. The summed E-state index contributed by atoms with van der Waals surface area (Å²) in [6, 6.07) is 1.59. The number of methoxy groups -OCH3 is 2. The number of aryl methyl sites for hydroxylation is 1. The molecule has 3 heterocycles. The fraction of sp³-hybridized carbons (Fsp3) is 0.350.